The minimum atomic E-state index is -0.291. The number of nitrogens with one attached hydrogen (secondary N) is 1. The number of hydrogen-bond acceptors (Lipinski definition) is 5. The summed E-state index contributed by atoms with van der Waals surface area (Å²) >= 11 is 7.55. The maximum absolute atomic E-state index is 12.6. The molecule has 146 valence electrons. The predicted octanol–water partition coefficient (Wildman–Crippen LogP) is 5.22. The maximum atomic E-state index is 12.6. The van der Waals surface area contributed by atoms with Crippen LogP contribution in [-0.2, 0) is 0 Å². The Kier molecular flexibility index (Phi) is 5.33. The van der Waals surface area contributed by atoms with E-state index >= 15 is 0 Å². The number of halogens is 1. The Hall–Kier alpha value is -3.16. The predicted molar refractivity (Wildman–Crippen MR) is 115 cm³/mol. The van der Waals surface area contributed by atoms with E-state index in [0.717, 1.165) is 22.6 Å². The zero-order valence-corrected chi connectivity index (χ0v) is 17.3. The van der Waals surface area contributed by atoms with Crippen molar-refractivity contribution in [1.82, 2.24) is 14.8 Å². The van der Waals surface area contributed by atoms with Crippen molar-refractivity contribution in [2.75, 3.05) is 12.4 Å². The molecule has 29 heavy (non-hydrogen) atoms. The van der Waals surface area contributed by atoms with Gasteiger partial charge in [-0.1, -0.05) is 35.4 Å². The lowest BCUT2D eigenvalue weighted by atomic mass is 10.1. The van der Waals surface area contributed by atoms with Crippen molar-refractivity contribution >= 4 is 34.0 Å². The number of thiazole rings is 1. The lowest BCUT2D eigenvalue weighted by Crippen LogP contribution is -2.10. The van der Waals surface area contributed by atoms with Crippen LogP contribution in [-0.4, -0.2) is 27.8 Å². The highest BCUT2D eigenvalue weighted by Gasteiger charge is 2.15. The van der Waals surface area contributed by atoms with E-state index in [0.29, 0.717) is 21.4 Å². The third-order valence-electron chi connectivity index (χ3n) is 4.30. The van der Waals surface area contributed by atoms with Gasteiger partial charge >= 0.3 is 0 Å². The first-order chi connectivity index (χ1) is 14.0. The normalized spacial score (nSPS) is 10.7. The van der Waals surface area contributed by atoms with Gasteiger partial charge in [0.25, 0.3) is 5.91 Å². The molecule has 2 aromatic heterocycles. The smallest absolute Gasteiger partial charge is 0.260 e. The zero-order valence-electron chi connectivity index (χ0n) is 15.7. The molecule has 0 saturated heterocycles. The van der Waals surface area contributed by atoms with Crippen LogP contribution in [0.3, 0.4) is 0 Å². The average molecular weight is 425 g/mol. The number of carbonyl (C=O) groups excluding carboxylic acids is 1. The topological polar surface area (TPSA) is 69.0 Å². The van der Waals surface area contributed by atoms with Crippen LogP contribution in [0.2, 0.25) is 5.02 Å². The molecule has 2 aromatic carbocycles. The van der Waals surface area contributed by atoms with Gasteiger partial charge in [0.15, 0.2) is 5.13 Å². The van der Waals surface area contributed by atoms with Gasteiger partial charge in [-0.05, 0) is 31.2 Å². The van der Waals surface area contributed by atoms with E-state index in [2.05, 4.69) is 15.4 Å². The van der Waals surface area contributed by atoms with Crippen molar-refractivity contribution in [2.24, 2.45) is 0 Å². The monoisotopic (exact) mass is 424 g/mol. The van der Waals surface area contributed by atoms with Crippen molar-refractivity contribution in [3.63, 3.8) is 0 Å². The number of anilines is 1. The minimum Gasteiger partial charge on any atom is -0.496 e. The fourth-order valence-electron chi connectivity index (χ4n) is 2.86. The largest absolute Gasteiger partial charge is 0.496 e. The van der Waals surface area contributed by atoms with E-state index < -0.39 is 0 Å². The molecular weight excluding hydrogens is 408 g/mol. The molecule has 4 aromatic rings. The zero-order chi connectivity index (χ0) is 20.4. The van der Waals surface area contributed by atoms with Crippen molar-refractivity contribution in [2.45, 2.75) is 6.92 Å². The quantitative estimate of drug-likeness (QED) is 0.477. The Labute approximate surface area is 176 Å². The van der Waals surface area contributed by atoms with Crippen LogP contribution in [0.25, 0.3) is 16.9 Å². The molecule has 0 aliphatic heterocycles. The summed E-state index contributed by atoms with van der Waals surface area (Å²) in [5.41, 5.74) is 3.85. The standard InChI is InChI=1S/C21H17ClN4O2S/c1-13-7-8-19(28-2)15(9-13)17-12-29-21(24-17)25-20(27)14-10-23-26(11-14)18-6-4-3-5-16(18)22/h3-12H,1-2H3,(H,24,25,27). The molecule has 0 fully saturated rings. The Bertz CT molecular complexity index is 1180. The number of hydrogen-bond donors (Lipinski definition) is 1. The lowest BCUT2D eigenvalue weighted by Gasteiger charge is -2.07. The van der Waals surface area contributed by atoms with E-state index in [1.54, 1.807) is 24.1 Å². The summed E-state index contributed by atoms with van der Waals surface area (Å²) in [4.78, 5) is 17.1. The molecule has 1 N–H and O–H groups in total. The number of ether oxygens (including phenoxy) is 1. The SMILES string of the molecule is COc1ccc(C)cc1-c1csc(NC(=O)c2cnn(-c3ccccc3Cl)c2)n1. The molecule has 6 nitrogen and oxygen atoms in total. The average Bonchev–Trinajstić information content (AvgIpc) is 3.38. The molecule has 4 rings (SSSR count). The second kappa shape index (κ2) is 8.06. The Morgan fingerprint density at radius 1 is 1.24 bits per heavy atom. The second-order valence-electron chi connectivity index (χ2n) is 6.32. The minimum absolute atomic E-state index is 0.291. The van der Waals surface area contributed by atoms with E-state index in [1.165, 1.54) is 17.5 Å². The van der Waals surface area contributed by atoms with E-state index in [1.807, 2.05) is 48.7 Å². The molecular formula is C21H17ClN4O2S. The fraction of sp³-hybridized carbons (Fsp3) is 0.0952. The third kappa shape index (κ3) is 4.01. The second-order valence-corrected chi connectivity index (χ2v) is 7.59. The Morgan fingerprint density at radius 2 is 2.07 bits per heavy atom. The van der Waals surface area contributed by atoms with Crippen LogP contribution < -0.4 is 10.1 Å². The molecule has 0 atom stereocenters. The number of para-hydroxylation sites is 1. The molecule has 2 heterocycles. The highest BCUT2D eigenvalue weighted by atomic mass is 35.5. The summed E-state index contributed by atoms with van der Waals surface area (Å²) in [6, 6.07) is 13.2. The van der Waals surface area contributed by atoms with Crippen LogP contribution in [0.15, 0.2) is 60.2 Å². The molecule has 0 aliphatic rings. The van der Waals surface area contributed by atoms with Gasteiger partial charge in [0.2, 0.25) is 0 Å². The molecule has 0 spiro atoms. The number of aryl methyl sites for hydroxylation is 1. The van der Waals surface area contributed by atoms with Gasteiger partial charge in [0.1, 0.15) is 5.75 Å². The van der Waals surface area contributed by atoms with Crippen molar-refractivity contribution in [1.29, 1.82) is 0 Å². The summed E-state index contributed by atoms with van der Waals surface area (Å²) in [6.45, 7) is 2.01. The highest BCUT2D eigenvalue weighted by Crippen LogP contribution is 2.33. The van der Waals surface area contributed by atoms with Crippen molar-refractivity contribution < 1.29 is 9.53 Å². The molecule has 0 bridgehead atoms. The number of carbonyl (C=O) groups is 1. The van der Waals surface area contributed by atoms with Crippen LogP contribution in [0.5, 0.6) is 5.75 Å². The first kappa shape index (κ1) is 19.2. The number of methoxy groups -OCH3 is 1. The molecule has 1 amide bonds. The van der Waals surface area contributed by atoms with E-state index in [9.17, 15) is 4.79 Å². The number of aromatic nitrogens is 3. The molecule has 0 unspecified atom stereocenters. The molecule has 0 radical (unpaired) electrons. The molecule has 0 aliphatic carbocycles. The number of nitrogens with zero attached hydrogens (tertiary/aromatic N) is 3. The van der Waals surface area contributed by atoms with Crippen molar-refractivity contribution in [3.8, 4) is 22.7 Å². The number of amides is 1. The number of rotatable bonds is 5. The van der Waals surface area contributed by atoms with Gasteiger partial charge < -0.3 is 4.74 Å². The Balaban J connectivity index is 1.54. The van der Waals surface area contributed by atoms with Gasteiger partial charge in [0, 0.05) is 17.1 Å². The lowest BCUT2D eigenvalue weighted by molar-refractivity contribution is 0.102. The van der Waals surface area contributed by atoms with Gasteiger partial charge in [-0.2, -0.15) is 5.10 Å². The maximum Gasteiger partial charge on any atom is 0.260 e. The van der Waals surface area contributed by atoms with Crippen LogP contribution in [0.4, 0.5) is 5.13 Å². The van der Waals surface area contributed by atoms with E-state index in [-0.39, 0.29) is 5.91 Å². The molecule has 0 saturated carbocycles. The van der Waals surface area contributed by atoms with Crippen LogP contribution in [0, 0.1) is 6.92 Å². The number of benzene rings is 2. The van der Waals surface area contributed by atoms with Crippen LogP contribution >= 0.6 is 22.9 Å². The highest BCUT2D eigenvalue weighted by molar-refractivity contribution is 7.14. The summed E-state index contributed by atoms with van der Waals surface area (Å²) in [6.07, 6.45) is 3.13. The van der Waals surface area contributed by atoms with Gasteiger partial charge in [0.05, 0.1) is 35.3 Å². The van der Waals surface area contributed by atoms with Gasteiger partial charge in [-0.3, -0.25) is 10.1 Å². The van der Waals surface area contributed by atoms with Gasteiger partial charge in [-0.25, -0.2) is 9.67 Å². The molecule has 8 heteroatoms. The summed E-state index contributed by atoms with van der Waals surface area (Å²) < 4.78 is 7.00. The van der Waals surface area contributed by atoms with E-state index in [4.69, 9.17) is 16.3 Å². The first-order valence-corrected chi connectivity index (χ1v) is 10.0. The third-order valence-corrected chi connectivity index (χ3v) is 5.38. The summed E-state index contributed by atoms with van der Waals surface area (Å²) in [5, 5.41) is 10.00. The Morgan fingerprint density at radius 3 is 2.86 bits per heavy atom. The summed E-state index contributed by atoms with van der Waals surface area (Å²) in [7, 11) is 1.62. The summed E-state index contributed by atoms with van der Waals surface area (Å²) in [5.74, 6) is 0.445. The van der Waals surface area contributed by atoms with Crippen LogP contribution in [0.1, 0.15) is 15.9 Å². The van der Waals surface area contributed by atoms with Crippen molar-refractivity contribution in [3.05, 3.63) is 76.4 Å². The van der Waals surface area contributed by atoms with Gasteiger partial charge in [-0.15, -0.1) is 11.3 Å². The first-order valence-electron chi connectivity index (χ1n) is 8.76. The fourth-order valence-corrected chi connectivity index (χ4v) is 3.78.